The molecule has 4 heteroatoms. The van der Waals surface area contributed by atoms with E-state index in [0.29, 0.717) is 0 Å². The summed E-state index contributed by atoms with van der Waals surface area (Å²) in [6.45, 7) is 5.92. The summed E-state index contributed by atoms with van der Waals surface area (Å²) in [7, 11) is 4.11. The van der Waals surface area contributed by atoms with Gasteiger partial charge in [0.1, 0.15) is 0 Å². The van der Waals surface area contributed by atoms with E-state index in [1.807, 2.05) is 14.0 Å². The van der Waals surface area contributed by atoms with Gasteiger partial charge in [0.05, 0.1) is 17.2 Å². The van der Waals surface area contributed by atoms with Crippen LogP contribution in [-0.2, 0) is 13.1 Å². The molecule has 0 saturated carbocycles. The lowest BCUT2D eigenvalue weighted by Crippen LogP contribution is -2.20. The van der Waals surface area contributed by atoms with Crippen LogP contribution in [0.5, 0.6) is 0 Å². The second-order valence-corrected chi connectivity index (χ2v) is 5.94. The van der Waals surface area contributed by atoms with Crippen LogP contribution in [0.3, 0.4) is 0 Å². The Morgan fingerprint density at radius 1 is 1.32 bits per heavy atom. The van der Waals surface area contributed by atoms with Crippen LogP contribution < -0.4 is 10.2 Å². The van der Waals surface area contributed by atoms with Gasteiger partial charge in [0.15, 0.2) is 0 Å². The Hall–Kier alpha value is -1.39. The summed E-state index contributed by atoms with van der Waals surface area (Å²) in [6, 6.07) is 6.60. The Bertz CT molecular complexity index is 548. The Kier molecular flexibility index (Phi) is 4.56. The van der Waals surface area contributed by atoms with Crippen LogP contribution in [0.25, 0.3) is 0 Å². The lowest BCUT2D eigenvalue weighted by atomic mass is 10.1. The van der Waals surface area contributed by atoms with E-state index in [1.165, 1.54) is 16.8 Å². The third kappa shape index (κ3) is 3.55. The van der Waals surface area contributed by atoms with Crippen molar-refractivity contribution < 1.29 is 0 Å². The van der Waals surface area contributed by atoms with Gasteiger partial charge >= 0.3 is 0 Å². The molecule has 1 aromatic carbocycles. The highest BCUT2D eigenvalue weighted by molar-refractivity contribution is 7.09. The van der Waals surface area contributed by atoms with E-state index in [0.717, 1.165) is 23.8 Å². The van der Waals surface area contributed by atoms with Gasteiger partial charge in [-0.25, -0.2) is 4.98 Å². The Morgan fingerprint density at radius 3 is 2.74 bits per heavy atom. The van der Waals surface area contributed by atoms with E-state index in [1.54, 1.807) is 11.3 Å². The fourth-order valence-corrected chi connectivity index (χ4v) is 2.83. The number of nitrogens with zero attached hydrogens (tertiary/aromatic N) is 2. The second-order valence-electron chi connectivity index (χ2n) is 4.88. The fourth-order valence-electron chi connectivity index (χ4n) is 2.23. The zero-order chi connectivity index (χ0) is 13.8. The largest absolute Gasteiger partial charge is 0.368 e. The molecule has 0 fully saturated rings. The maximum absolute atomic E-state index is 4.53. The topological polar surface area (TPSA) is 28.2 Å². The predicted octanol–water partition coefficient (Wildman–Crippen LogP) is 3.12. The molecule has 0 radical (unpaired) electrons. The number of nitrogens with one attached hydrogen (secondary N) is 1. The quantitative estimate of drug-likeness (QED) is 0.909. The first kappa shape index (κ1) is 14.0. The van der Waals surface area contributed by atoms with E-state index in [4.69, 9.17) is 0 Å². The Morgan fingerprint density at radius 2 is 2.11 bits per heavy atom. The van der Waals surface area contributed by atoms with Gasteiger partial charge in [-0.15, -0.1) is 11.3 Å². The fraction of sp³-hybridized carbons (Fsp3) is 0.400. The molecule has 0 bridgehead atoms. The molecular weight excluding hydrogens is 254 g/mol. The number of rotatable bonds is 5. The maximum atomic E-state index is 4.53. The lowest BCUT2D eigenvalue weighted by molar-refractivity contribution is 0.801. The summed E-state index contributed by atoms with van der Waals surface area (Å²) in [5.41, 5.74) is 5.04. The molecule has 2 rings (SSSR count). The molecule has 1 aromatic heterocycles. The van der Waals surface area contributed by atoms with Crippen molar-refractivity contribution in [1.29, 1.82) is 0 Å². The minimum atomic E-state index is 0.851. The molecule has 102 valence electrons. The third-order valence-electron chi connectivity index (χ3n) is 3.08. The van der Waals surface area contributed by atoms with E-state index in [9.17, 15) is 0 Å². The van der Waals surface area contributed by atoms with Crippen LogP contribution in [0.2, 0.25) is 0 Å². The highest BCUT2D eigenvalue weighted by Gasteiger charge is 2.09. The summed E-state index contributed by atoms with van der Waals surface area (Å²) in [4.78, 5) is 6.80. The molecule has 1 N–H and O–H groups in total. The van der Waals surface area contributed by atoms with E-state index < -0.39 is 0 Å². The number of aromatic nitrogens is 1. The molecule has 1 heterocycles. The molecule has 0 aliphatic heterocycles. The summed E-state index contributed by atoms with van der Waals surface area (Å²) in [5, 5.41) is 6.50. The van der Waals surface area contributed by atoms with Gasteiger partial charge in [0.2, 0.25) is 0 Å². The molecule has 0 amide bonds. The molecule has 0 saturated heterocycles. The van der Waals surface area contributed by atoms with Crippen LogP contribution >= 0.6 is 11.3 Å². The average Bonchev–Trinajstić information content (AvgIpc) is 2.75. The predicted molar refractivity (Wildman–Crippen MR) is 82.9 cm³/mol. The summed E-state index contributed by atoms with van der Waals surface area (Å²) in [6.07, 6.45) is 0. The van der Waals surface area contributed by atoms with E-state index >= 15 is 0 Å². The normalized spacial score (nSPS) is 10.7. The molecule has 0 unspecified atom stereocenters. The first-order valence-electron chi connectivity index (χ1n) is 6.46. The lowest BCUT2D eigenvalue weighted by Gasteiger charge is -2.22. The summed E-state index contributed by atoms with van der Waals surface area (Å²) >= 11 is 1.71. The van der Waals surface area contributed by atoms with Gasteiger partial charge < -0.3 is 10.2 Å². The number of thiazole rings is 1. The van der Waals surface area contributed by atoms with Gasteiger partial charge in [-0.05, 0) is 32.5 Å². The molecular formula is C15H21N3S. The van der Waals surface area contributed by atoms with Crippen molar-refractivity contribution in [3.63, 3.8) is 0 Å². The van der Waals surface area contributed by atoms with Gasteiger partial charge in [0, 0.05) is 24.7 Å². The average molecular weight is 275 g/mol. The summed E-state index contributed by atoms with van der Waals surface area (Å²) in [5.74, 6) is 0. The van der Waals surface area contributed by atoms with E-state index in [2.05, 4.69) is 52.8 Å². The minimum absolute atomic E-state index is 0.851. The Balaban J connectivity index is 2.20. The van der Waals surface area contributed by atoms with Gasteiger partial charge in [-0.1, -0.05) is 17.7 Å². The Labute approximate surface area is 119 Å². The van der Waals surface area contributed by atoms with Crippen LogP contribution in [0, 0.1) is 13.8 Å². The molecule has 2 aromatic rings. The number of anilines is 1. The van der Waals surface area contributed by atoms with Crippen molar-refractivity contribution in [2.24, 2.45) is 0 Å². The van der Waals surface area contributed by atoms with E-state index in [-0.39, 0.29) is 0 Å². The number of hydrogen-bond donors (Lipinski definition) is 1. The monoisotopic (exact) mass is 275 g/mol. The molecule has 0 atom stereocenters. The third-order valence-corrected chi connectivity index (χ3v) is 3.90. The van der Waals surface area contributed by atoms with Crippen molar-refractivity contribution in [3.8, 4) is 0 Å². The van der Waals surface area contributed by atoms with Crippen LogP contribution in [0.15, 0.2) is 23.6 Å². The molecule has 3 nitrogen and oxygen atoms in total. The van der Waals surface area contributed by atoms with Crippen LogP contribution in [0.1, 0.15) is 21.8 Å². The first-order valence-corrected chi connectivity index (χ1v) is 7.34. The van der Waals surface area contributed by atoms with Crippen molar-refractivity contribution >= 4 is 17.0 Å². The van der Waals surface area contributed by atoms with Crippen LogP contribution in [0.4, 0.5) is 5.69 Å². The molecule has 19 heavy (non-hydrogen) atoms. The SMILES string of the molecule is CNCc1cc(C)ccc1N(C)Cc1csc(C)n1. The van der Waals surface area contributed by atoms with Gasteiger partial charge in [-0.2, -0.15) is 0 Å². The number of aryl methyl sites for hydroxylation is 2. The van der Waals surface area contributed by atoms with Gasteiger partial charge in [-0.3, -0.25) is 0 Å². The minimum Gasteiger partial charge on any atom is -0.368 e. The van der Waals surface area contributed by atoms with Gasteiger partial charge in [0.25, 0.3) is 0 Å². The highest BCUT2D eigenvalue weighted by atomic mass is 32.1. The molecule has 0 aliphatic carbocycles. The maximum Gasteiger partial charge on any atom is 0.0898 e. The summed E-state index contributed by atoms with van der Waals surface area (Å²) < 4.78 is 0. The standard InChI is InChI=1S/C15H21N3S/c1-11-5-6-15(13(7-11)8-16-3)18(4)9-14-10-19-12(2)17-14/h5-7,10,16H,8-9H2,1-4H3. The van der Waals surface area contributed by atoms with Crippen LogP contribution in [-0.4, -0.2) is 19.1 Å². The highest BCUT2D eigenvalue weighted by Crippen LogP contribution is 2.23. The zero-order valence-corrected chi connectivity index (χ0v) is 12.8. The smallest absolute Gasteiger partial charge is 0.0898 e. The molecule has 0 aliphatic rings. The first-order chi connectivity index (χ1) is 9.10. The molecule has 0 spiro atoms. The van der Waals surface area contributed by atoms with Crippen molar-refractivity contribution in [3.05, 3.63) is 45.4 Å². The van der Waals surface area contributed by atoms with Crippen molar-refractivity contribution in [2.45, 2.75) is 26.9 Å². The zero-order valence-electron chi connectivity index (χ0n) is 12.0. The second kappa shape index (κ2) is 6.17. The number of benzene rings is 1. The van der Waals surface area contributed by atoms with Crippen molar-refractivity contribution in [2.75, 3.05) is 19.0 Å². The number of hydrogen-bond acceptors (Lipinski definition) is 4. The van der Waals surface area contributed by atoms with Crippen molar-refractivity contribution in [1.82, 2.24) is 10.3 Å².